The molecule has 0 saturated heterocycles. The first kappa shape index (κ1) is 26.1. The van der Waals surface area contributed by atoms with Crippen LogP contribution in [0.5, 0.6) is 0 Å². The van der Waals surface area contributed by atoms with E-state index in [1.54, 1.807) is 0 Å². The number of hydrogen-bond acceptors (Lipinski definition) is 4. The maximum absolute atomic E-state index is 9.42. The average Bonchev–Trinajstić information content (AvgIpc) is 2.56. The molecule has 0 bridgehead atoms. The minimum atomic E-state index is -0.136. The molecule has 0 heterocycles. The van der Waals surface area contributed by atoms with Crippen molar-refractivity contribution < 1.29 is 20.4 Å². The zero-order chi connectivity index (χ0) is 18.5. The van der Waals surface area contributed by atoms with E-state index in [-0.39, 0.29) is 25.4 Å². The summed E-state index contributed by atoms with van der Waals surface area (Å²) < 4.78 is 0. The maximum atomic E-state index is 9.42. The Morgan fingerprint density at radius 2 is 0.792 bits per heavy atom. The number of hydrogen-bond donors (Lipinski definition) is 4. The van der Waals surface area contributed by atoms with Crippen molar-refractivity contribution in [3.05, 3.63) is 0 Å². The largest absolute Gasteiger partial charge is 0.396 e. The Hall–Kier alpha value is -0.160. The summed E-state index contributed by atoms with van der Waals surface area (Å²) >= 11 is 0. The predicted octanol–water partition coefficient (Wildman–Crippen LogP) is 4.18. The first-order valence-corrected chi connectivity index (χ1v) is 10.2. The Morgan fingerprint density at radius 3 is 1.04 bits per heavy atom. The summed E-state index contributed by atoms with van der Waals surface area (Å²) in [5.41, 5.74) is 0. The minimum Gasteiger partial charge on any atom is -0.396 e. The van der Waals surface area contributed by atoms with Crippen LogP contribution in [0.2, 0.25) is 0 Å². The molecule has 0 aromatic carbocycles. The van der Waals surface area contributed by atoms with Gasteiger partial charge in [-0.15, -0.1) is 0 Å². The molecule has 4 heteroatoms. The quantitative estimate of drug-likeness (QED) is 0.315. The van der Waals surface area contributed by atoms with Crippen molar-refractivity contribution in [2.24, 2.45) is 0 Å². The van der Waals surface area contributed by atoms with Gasteiger partial charge in [0, 0.05) is 13.2 Å². The van der Waals surface area contributed by atoms with Crippen molar-refractivity contribution in [3.8, 4) is 0 Å². The Balaban J connectivity index is 0. The Kier molecular flexibility index (Phi) is 24.8. The van der Waals surface area contributed by atoms with E-state index < -0.39 is 0 Å². The standard InChI is InChI=1S/2C10H22O2/c2*1-2-3-4-7-10(12)8-5-6-9-11/h2*10-12H,2-9H2,1H3. The van der Waals surface area contributed by atoms with Gasteiger partial charge in [0.25, 0.3) is 0 Å². The second kappa shape index (κ2) is 22.8. The number of rotatable bonds is 16. The smallest absolute Gasteiger partial charge is 0.0540 e. The molecular formula is C20H44O4. The van der Waals surface area contributed by atoms with Gasteiger partial charge in [-0.3, -0.25) is 0 Å². The third-order valence-electron chi connectivity index (χ3n) is 4.17. The molecule has 0 spiro atoms. The van der Waals surface area contributed by atoms with Crippen molar-refractivity contribution in [1.82, 2.24) is 0 Å². The lowest BCUT2D eigenvalue weighted by Crippen LogP contribution is -2.06. The van der Waals surface area contributed by atoms with Gasteiger partial charge in [0.15, 0.2) is 0 Å². The van der Waals surface area contributed by atoms with Gasteiger partial charge < -0.3 is 20.4 Å². The van der Waals surface area contributed by atoms with Crippen molar-refractivity contribution in [3.63, 3.8) is 0 Å². The van der Waals surface area contributed by atoms with Crippen LogP contribution in [0.25, 0.3) is 0 Å². The molecule has 24 heavy (non-hydrogen) atoms. The molecule has 4 N–H and O–H groups in total. The van der Waals surface area contributed by atoms with E-state index in [0.29, 0.717) is 0 Å². The Bertz CT molecular complexity index is 170. The fourth-order valence-electron chi connectivity index (χ4n) is 2.53. The van der Waals surface area contributed by atoms with Gasteiger partial charge in [0.05, 0.1) is 12.2 Å². The molecule has 0 radical (unpaired) electrons. The van der Waals surface area contributed by atoms with Crippen molar-refractivity contribution in [2.75, 3.05) is 13.2 Å². The zero-order valence-electron chi connectivity index (χ0n) is 16.3. The maximum Gasteiger partial charge on any atom is 0.0540 e. The SMILES string of the molecule is CCCCCC(O)CCCCO.CCCCCC(O)CCCCO. The van der Waals surface area contributed by atoms with Crippen molar-refractivity contribution in [1.29, 1.82) is 0 Å². The van der Waals surface area contributed by atoms with Gasteiger partial charge in [0.1, 0.15) is 0 Å². The van der Waals surface area contributed by atoms with Gasteiger partial charge in [-0.2, -0.15) is 0 Å². The van der Waals surface area contributed by atoms with Gasteiger partial charge in [-0.25, -0.2) is 0 Å². The summed E-state index contributed by atoms with van der Waals surface area (Å²) in [5, 5.41) is 35.9. The van der Waals surface area contributed by atoms with Gasteiger partial charge >= 0.3 is 0 Å². The van der Waals surface area contributed by atoms with Crippen LogP contribution in [0, 0.1) is 0 Å². The zero-order valence-corrected chi connectivity index (χ0v) is 16.3. The van der Waals surface area contributed by atoms with Gasteiger partial charge in [-0.1, -0.05) is 52.4 Å². The second-order valence-corrected chi connectivity index (χ2v) is 6.74. The topological polar surface area (TPSA) is 80.9 Å². The fraction of sp³-hybridized carbons (Fsp3) is 1.00. The molecule has 0 aliphatic rings. The summed E-state index contributed by atoms with van der Waals surface area (Å²) in [5.74, 6) is 0. The van der Waals surface area contributed by atoms with Crippen LogP contribution in [-0.4, -0.2) is 45.8 Å². The van der Waals surface area contributed by atoms with Crippen LogP contribution in [0.15, 0.2) is 0 Å². The minimum absolute atomic E-state index is 0.136. The normalized spacial score (nSPS) is 13.2. The number of unbranched alkanes of at least 4 members (excludes halogenated alkanes) is 6. The molecule has 0 fully saturated rings. The van der Waals surface area contributed by atoms with Gasteiger partial charge in [-0.05, 0) is 51.4 Å². The lowest BCUT2D eigenvalue weighted by molar-refractivity contribution is 0.144. The number of aliphatic hydroxyl groups excluding tert-OH is 4. The highest BCUT2D eigenvalue weighted by atomic mass is 16.3. The second-order valence-electron chi connectivity index (χ2n) is 6.74. The molecule has 0 rings (SSSR count). The summed E-state index contributed by atoms with van der Waals surface area (Å²) in [4.78, 5) is 0. The molecule has 0 saturated carbocycles. The monoisotopic (exact) mass is 348 g/mol. The first-order chi connectivity index (χ1) is 11.6. The molecule has 0 aromatic rings. The van der Waals surface area contributed by atoms with E-state index in [1.165, 1.54) is 25.7 Å². The highest BCUT2D eigenvalue weighted by Gasteiger charge is 2.03. The summed E-state index contributed by atoms with van der Waals surface area (Å²) in [6.45, 7) is 4.83. The lowest BCUT2D eigenvalue weighted by Gasteiger charge is -2.08. The van der Waals surface area contributed by atoms with E-state index in [9.17, 15) is 10.2 Å². The van der Waals surface area contributed by atoms with Crippen LogP contribution in [0.1, 0.15) is 104 Å². The van der Waals surface area contributed by atoms with Crippen LogP contribution in [-0.2, 0) is 0 Å². The molecule has 2 atom stereocenters. The Morgan fingerprint density at radius 1 is 0.500 bits per heavy atom. The lowest BCUT2D eigenvalue weighted by atomic mass is 10.1. The average molecular weight is 349 g/mol. The van der Waals surface area contributed by atoms with Crippen LogP contribution >= 0.6 is 0 Å². The molecule has 0 aliphatic heterocycles. The predicted molar refractivity (Wildman–Crippen MR) is 102 cm³/mol. The molecule has 148 valence electrons. The molecular weight excluding hydrogens is 304 g/mol. The van der Waals surface area contributed by atoms with E-state index in [0.717, 1.165) is 64.2 Å². The summed E-state index contributed by atoms with van der Waals surface area (Å²) in [7, 11) is 0. The van der Waals surface area contributed by atoms with Crippen LogP contribution in [0.3, 0.4) is 0 Å². The first-order valence-electron chi connectivity index (χ1n) is 10.2. The third-order valence-corrected chi connectivity index (χ3v) is 4.17. The molecule has 0 amide bonds. The Labute approximate surface area is 150 Å². The highest BCUT2D eigenvalue weighted by molar-refractivity contribution is 4.56. The summed E-state index contributed by atoms with van der Waals surface area (Å²) in [6, 6.07) is 0. The van der Waals surface area contributed by atoms with Gasteiger partial charge in [0.2, 0.25) is 0 Å². The number of aliphatic hydroxyl groups is 4. The van der Waals surface area contributed by atoms with E-state index in [2.05, 4.69) is 13.8 Å². The van der Waals surface area contributed by atoms with E-state index in [4.69, 9.17) is 10.2 Å². The van der Waals surface area contributed by atoms with Crippen molar-refractivity contribution in [2.45, 2.75) is 116 Å². The molecule has 2 unspecified atom stereocenters. The van der Waals surface area contributed by atoms with Crippen LogP contribution < -0.4 is 0 Å². The third kappa shape index (κ3) is 24.1. The van der Waals surface area contributed by atoms with E-state index >= 15 is 0 Å². The fourth-order valence-corrected chi connectivity index (χ4v) is 2.53. The van der Waals surface area contributed by atoms with Crippen LogP contribution in [0.4, 0.5) is 0 Å². The van der Waals surface area contributed by atoms with E-state index in [1.807, 2.05) is 0 Å². The molecule has 4 nitrogen and oxygen atoms in total. The highest BCUT2D eigenvalue weighted by Crippen LogP contribution is 2.09. The molecule has 0 aliphatic carbocycles. The van der Waals surface area contributed by atoms with Crippen molar-refractivity contribution >= 4 is 0 Å². The summed E-state index contributed by atoms with van der Waals surface area (Å²) in [6.07, 6.45) is 14.0. The molecule has 0 aromatic heterocycles.